The molecule has 0 amide bonds. The third kappa shape index (κ3) is 6.43. The smallest absolute Gasteiger partial charge is 0.127 e. The Hall–Kier alpha value is -2.30. The van der Waals surface area contributed by atoms with E-state index in [2.05, 4.69) is 37.8 Å². The average Bonchev–Trinajstić information content (AvgIpc) is 2.78. The van der Waals surface area contributed by atoms with Crippen molar-refractivity contribution in [1.29, 1.82) is 0 Å². The van der Waals surface area contributed by atoms with E-state index in [0.717, 1.165) is 36.2 Å². The van der Waals surface area contributed by atoms with Crippen LogP contribution in [-0.2, 0) is 6.54 Å². The second-order valence-corrected chi connectivity index (χ2v) is 10.7. The number of aromatic hydroxyl groups is 2. The van der Waals surface area contributed by atoms with Gasteiger partial charge in [0, 0.05) is 19.6 Å². The molecule has 2 unspecified atom stereocenters. The van der Waals surface area contributed by atoms with Gasteiger partial charge in [0.05, 0.1) is 11.2 Å². The topological polar surface area (TPSA) is 63.9 Å². The summed E-state index contributed by atoms with van der Waals surface area (Å²) in [6.45, 7) is 12.4. The van der Waals surface area contributed by atoms with E-state index in [9.17, 15) is 15.3 Å². The van der Waals surface area contributed by atoms with Crippen molar-refractivity contribution in [1.82, 2.24) is 4.90 Å². The summed E-state index contributed by atoms with van der Waals surface area (Å²) in [6, 6.07) is 14.0. The van der Waals surface area contributed by atoms with Crippen molar-refractivity contribution in [3.63, 3.8) is 0 Å². The first-order valence-corrected chi connectivity index (χ1v) is 12.9. The van der Waals surface area contributed by atoms with Crippen LogP contribution in [-0.4, -0.2) is 38.9 Å². The van der Waals surface area contributed by atoms with Gasteiger partial charge < -0.3 is 15.3 Å². The number of rotatable bonds is 10. The van der Waals surface area contributed by atoms with Crippen LogP contribution >= 0.6 is 0 Å². The quantitative estimate of drug-likeness (QED) is 0.336. The molecule has 186 valence electrons. The van der Waals surface area contributed by atoms with Gasteiger partial charge >= 0.3 is 0 Å². The lowest BCUT2D eigenvalue weighted by Gasteiger charge is -2.36. The Balaban J connectivity index is 1.91. The van der Waals surface area contributed by atoms with E-state index in [1.807, 2.05) is 30.3 Å². The van der Waals surface area contributed by atoms with Gasteiger partial charge in [-0.1, -0.05) is 76.8 Å². The summed E-state index contributed by atoms with van der Waals surface area (Å²) in [4.78, 5) is 2.31. The summed E-state index contributed by atoms with van der Waals surface area (Å²) in [6.07, 6.45) is 5.48. The van der Waals surface area contributed by atoms with E-state index >= 15 is 0 Å². The zero-order chi connectivity index (χ0) is 24.9. The molecule has 4 heteroatoms. The van der Waals surface area contributed by atoms with Crippen LogP contribution in [0.3, 0.4) is 0 Å². The van der Waals surface area contributed by atoms with Gasteiger partial charge in [-0.25, -0.2) is 0 Å². The molecule has 0 aliphatic carbocycles. The van der Waals surface area contributed by atoms with E-state index < -0.39 is 5.60 Å². The second kappa shape index (κ2) is 11.4. The molecule has 2 atom stereocenters. The number of phenolic OH excluding ortho intramolecular Hbond substituents is 2. The highest BCUT2D eigenvalue weighted by Crippen LogP contribution is 2.44. The van der Waals surface area contributed by atoms with E-state index in [0.29, 0.717) is 24.4 Å². The number of hydrogen-bond donors (Lipinski definition) is 3. The molecule has 0 bridgehead atoms. The molecule has 1 aliphatic rings. The maximum Gasteiger partial charge on any atom is 0.127 e. The Labute approximate surface area is 206 Å². The lowest BCUT2D eigenvalue weighted by atomic mass is 9.81. The van der Waals surface area contributed by atoms with Crippen LogP contribution in [0.2, 0.25) is 0 Å². The molecule has 0 aromatic heterocycles. The molecule has 34 heavy (non-hydrogen) atoms. The predicted molar refractivity (Wildman–Crippen MR) is 141 cm³/mol. The third-order valence-corrected chi connectivity index (χ3v) is 7.47. The van der Waals surface area contributed by atoms with Gasteiger partial charge in [0.25, 0.3) is 0 Å². The zero-order valence-electron chi connectivity index (χ0n) is 21.6. The summed E-state index contributed by atoms with van der Waals surface area (Å²) in [5.74, 6) is 0.909. The Morgan fingerprint density at radius 1 is 1.00 bits per heavy atom. The molecular weight excluding hydrogens is 422 g/mol. The molecule has 0 spiro atoms. The van der Waals surface area contributed by atoms with E-state index in [4.69, 9.17) is 0 Å². The van der Waals surface area contributed by atoms with Gasteiger partial charge in [0.2, 0.25) is 0 Å². The van der Waals surface area contributed by atoms with E-state index in [-0.39, 0.29) is 17.4 Å². The summed E-state index contributed by atoms with van der Waals surface area (Å²) in [5, 5.41) is 33.2. The molecule has 0 saturated heterocycles. The molecular formula is C30H43NO3. The normalized spacial score (nSPS) is 17.1. The fraction of sp³-hybridized carbons (Fsp3) is 0.533. The maximum atomic E-state index is 11.1. The fourth-order valence-corrected chi connectivity index (χ4v) is 5.20. The maximum absolute atomic E-state index is 11.1. The fourth-order valence-electron chi connectivity index (χ4n) is 5.20. The van der Waals surface area contributed by atoms with E-state index in [1.54, 1.807) is 13.8 Å². The minimum absolute atomic E-state index is 0.0981. The van der Waals surface area contributed by atoms with Crippen LogP contribution < -0.4 is 0 Å². The van der Waals surface area contributed by atoms with Crippen molar-refractivity contribution in [2.75, 3.05) is 13.1 Å². The van der Waals surface area contributed by atoms with Crippen molar-refractivity contribution in [2.24, 2.45) is 5.92 Å². The molecule has 0 fully saturated rings. The van der Waals surface area contributed by atoms with Crippen molar-refractivity contribution in [3.8, 4) is 11.5 Å². The number of hydrogen-bond acceptors (Lipinski definition) is 4. The summed E-state index contributed by atoms with van der Waals surface area (Å²) >= 11 is 0. The van der Waals surface area contributed by atoms with Crippen LogP contribution in [0.25, 0.3) is 5.57 Å². The van der Waals surface area contributed by atoms with Gasteiger partial charge in [-0.3, -0.25) is 4.90 Å². The number of benzene rings is 2. The molecule has 3 N–H and O–H groups in total. The van der Waals surface area contributed by atoms with Gasteiger partial charge in [0.1, 0.15) is 11.5 Å². The van der Waals surface area contributed by atoms with Crippen LogP contribution in [0, 0.1) is 5.92 Å². The van der Waals surface area contributed by atoms with Gasteiger partial charge in [-0.2, -0.15) is 0 Å². The van der Waals surface area contributed by atoms with Crippen molar-refractivity contribution < 1.29 is 15.3 Å². The first-order chi connectivity index (χ1) is 16.1. The van der Waals surface area contributed by atoms with Crippen LogP contribution in [0.4, 0.5) is 0 Å². The number of phenols is 2. The highest BCUT2D eigenvalue weighted by atomic mass is 16.3. The molecule has 2 aromatic carbocycles. The molecule has 1 heterocycles. The van der Waals surface area contributed by atoms with Gasteiger partial charge in [-0.15, -0.1) is 0 Å². The zero-order valence-corrected chi connectivity index (χ0v) is 21.6. The second-order valence-electron chi connectivity index (χ2n) is 10.7. The molecule has 0 radical (unpaired) electrons. The van der Waals surface area contributed by atoms with Gasteiger partial charge in [-0.05, 0) is 66.5 Å². The molecule has 1 aliphatic heterocycles. The Morgan fingerprint density at radius 2 is 1.65 bits per heavy atom. The standard InChI is InChI=1S/C30H43NO3/c1-6-7-9-12-21(2)22(3)24-17-27(32)29(28(33)18-24)25-20-31(16-15-26(25)30(4,5)34)19-23-13-10-8-11-14-23/h8,10-11,13-14,17-18,21-22,32-34H,6-7,9,12,15-16,19-20H2,1-5H3. The SMILES string of the molecule is CCCCCC(C)C(C)c1cc(O)c(C2=C(C(C)(C)O)CCN(Cc3ccccc3)C2)c(O)c1. The summed E-state index contributed by atoms with van der Waals surface area (Å²) < 4.78 is 0. The first kappa shape index (κ1) is 26.3. The summed E-state index contributed by atoms with van der Waals surface area (Å²) in [5.41, 5.74) is 3.35. The third-order valence-electron chi connectivity index (χ3n) is 7.47. The lowest BCUT2D eigenvalue weighted by Crippen LogP contribution is -2.36. The summed E-state index contributed by atoms with van der Waals surface area (Å²) in [7, 11) is 0. The molecule has 0 saturated carbocycles. The minimum Gasteiger partial charge on any atom is -0.507 e. The van der Waals surface area contributed by atoms with Gasteiger partial charge in [0.15, 0.2) is 0 Å². The average molecular weight is 466 g/mol. The monoisotopic (exact) mass is 465 g/mol. The Morgan fingerprint density at radius 3 is 2.24 bits per heavy atom. The van der Waals surface area contributed by atoms with Crippen molar-refractivity contribution in [2.45, 2.75) is 84.8 Å². The van der Waals surface area contributed by atoms with Crippen LogP contribution in [0.1, 0.15) is 89.3 Å². The number of unbranched alkanes of at least 4 members (excludes halogenated alkanes) is 2. The number of nitrogens with zero attached hydrogens (tertiary/aromatic N) is 1. The van der Waals surface area contributed by atoms with Crippen molar-refractivity contribution >= 4 is 5.57 Å². The highest BCUT2D eigenvalue weighted by Gasteiger charge is 2.32. The minimum atomic E-state index is -1.02. The van der Waals surface area contributed by atoms with Crippen LogP contribution in [0.5, 0.6) is 11.5 Å². The Kier molecular flexibility index (Phi) is 8.83. The molecule has 4 nitrogen and oxygen atoms in total. The highest BCUT2D eigenvalue weighted by molar-refractivity contribution is 5.80. The van der Waals surface area contributed by atoms with Crippen LogP contribution in [0.15, 0.2) is 48.0 Å². The molecule has 3 rings (SSSR count). The lowest BCUT2D eigenvalue weighted by molar-refractivity contribution is 0.110. The first-order valence-electron chi connectivity index (χ1n) is 12.9. The van der Waals surface area contributed by atoms with E-state index in [1.165, 1.54) is 24.8 Å². The predicted octanol–water partition coefficient (Wildman–Crippen LogP) is 6.85. The Bertz CT molecular complexity index is 951. The molecule has 2 aromatic rings. The van der Waals surface area contributed by atoms with Crippen molar-refractivity contribution in [3.05, 3.63) is 64.7 Å². The number of aliphatic hydroxyl groups is 1. The largest absolute Gasteiger partial charge is 0.507 e.